The molecule has 2 aliphatic heterocycles. The van der Waals surface area contributed by atoms with E-state index in [1.165, 1.54) is 12.8 Å². The molecule has 0 aliphatic carbocycles. The molecule has 1 amide bonds. The van der Waals surface area contributed by atoms with Crippen LogP contribution in [0.25, 0.3) is 0 Å². The number of rotatable bonds is 3. The number of nitrogens with zero attached hydrogens (tertiary/aromatic N) is 2. The highest BCUT2D eigenvalue weighted by Gasteiger charge is 2.26. The van der Waals surface area contributed by atoms with Gasteiger partial charge in [-0.3, -0.25) is 9.69 Å². The zero-order valence-electron chi connectivity index (χ0n) is 11.1. The molecule has 3 rings (SSSR count). The van der Waals surface area contributed by atoms with Crippen LogP contribution in [0.3, 0.4) is 0 Å². The number of hydrogen-bond donors (Lipinski definition) is 0. The van der Waals surface area contributed by atoms with Crippen molar-refractivity contribution in [1.82, 2.24) is 9.80 Å². The molecule has 5 heteroatoms. The molecule has 1 atom stereocenters. The third-order valence-corrected chi connectivity index (χ3v) is 3.88. The lowest BCUT2D eigenvalue weighted by Crippen LogP contribution is -2.50. The molecule has 1 aromatic rings. The molecule has 0 bridgehead atoms. The largest absolute Gasteiger partial charge is 0.459 e. The summed E-state index contributed by atoms with van der Waals surface area (Å²) < 4.78 is 10.8. The van der Waals surface area contributed by atoms with Crippen LogP contribution in [0.4, 0.5) is 0 Å². The van der Waals surface area contributed by atoms with Gasteiger partial charge in [-0.2, -0.15) is 0 Å². The molecule has 19 heavy (non-hydrogen) atoms. The average molecular weight is 264 g/mol. The van der Waals surface area contributed by atoms with Crippen molar-refractivity contribution in [2.45, 2.75) is 18.9 Å². The molecule has 0 spiro atoms. The monoisotopic (exact) mass is 264 g/mol. The maximum absolute atomic E-state index is 12.1. The number of amides is 1. The summed E-state index contributed by atoms with van der Waals surface area (Å²) >= 11 is 0. The van der Waals surface area contributed by atoms with Crippen LogP contribution in [0.2, 0.25) is 0 Å². The third kappa shape index (κ3) is 2.98. The normalized spacial score (nSPS) is 24.8. The van der Waals surface area contributed by atoms with Gasteiger partial charge in [-0.05, 0) is 25.0 Å². The third-order valence-electron chi connectivity index (χ3n) is 3.88. The highest BCUT2D eigenvalue weighted by atomic mass is 16.5. The van der Waals surface area contributed by atoms with Gasteiger partial charge in [0.25, 0.3) is 5.91 Å². The van der Waals surface area contributed by atoms with Gasteiger partial charge in [0.05, 0.1) is 12.4 Å². The van der Waals surface area contributed by atoms with Crippen molar-refractivity contribution in [2.75, 3.05) is 39.3 Å². The van der Waals surface area contributed by atoms with Gasteiger partial charge < -0.3 is 14.1 Å². The first-order valence-corrected chi connectivity index (χ1v) is 6.99. The van der Waals surface area contributed by atoms with Gasteiger partial charge in [0.15, 0.2) is 5.76 Å². The summed E-state index contributed by atoms with van der Waals surface area (Å²) in [5, 5.41) is 0. The maximum Gasteiger partial charge on any atom is 0.289 e. The lowest BCUT2D eigenvalue weighted by Gasteiger charge is -2.35. The van der Waals surface area contributed by atoms with Crippen molar-refractivity contribution in [1.29, 1.82) is 0 Å². The van der Waals surface area contributed by atoms with Crippen LogP contribution in [-0.2, 0) is 4.74 Å². The minimum Gasteiger partial charge on any atom is -0.459 e. The second-order valence-corrected chi connectivity index (χ2v) is 5.21. The van der Waals surface area contributed by atoms with Crippen molar-refractivity contribution in [3.63, 3.8) is 0 Å². The van der Waals surface area contributed by atoms with Crippen molar-refractivity contribution in [3.05, 3.63) is 24.2 Å². The van der Waals surface area contributed by atoms with Gasteiger partial charge in [0.1, 0.15) is 0 Å². The highest BCUT2D eigenvalue weighted by Crippen LogP contribution is 2.15. The highest BCUT2D eigenvalue weighted by molar-refractivity contribution is 5.91. The lowest BCUT2D eigenvalue weighted by molar-refractivity contribution is 0.0417. The van der Waals surface area contributed by atoms with Gasteiger partial charge in [0, 0.05) is 39.3 Å². The van der Waals surface area contributed by atoms with Crippen molar-refractivity contribution < 1.29 is 13.9 Å². The Bertz CT molecular complexity index is 404. The Morgan fingerprint density at radius 3 is 2.79 bits per heavy atom. The Balaban J connectivity index is 1.47. The number of carbonyl (C=O) groups is 1. The molecule has 0 saturated carbocycles. The van der Waals surface area contributed by atoms with Crippen LogP contribution in [0.1, 0.15) is 23.4 Å². The Morgan fingerprint density at radius 1 is 1.32 bits per heavy atom. The molecule has 2 aliphatic rings. The zero-order valence-corrected chi connectivity index (χ0v) is 11.1. The Hall–Kier alpha value is -1.33. The molecule has 1 aromatic heterocycles. The van der Waals surface area contributed by atoms with E-state index >= 15 is 0 Å². The average Bonchev–Trinajstić information content (AvgIpc) is 3.12. The second kappa shape index (κ2) is 5.75. The molecule has 0 radical (unpaired) electrons. The molecular weight excluding hydrogens is 244 g/mol. The standard InChI is InChI=1S/C14H20N2O3/c17-14(13-4-2-10-19-13)16-7-5-15(6-8-16)11-12-3-1-9-18-12/h2,4,10,12H,1,3,5-9,11H2/t12-/m1/s1. The molecule has 2 fully saturated rings. The summed E-state index contributed by atoms with van der Waals surface area (Å²) in [4.78, 5) is 16.4. The van der Waals surface area contributed by atoms with E-state index in [0.29, 0.717) is 11.9 Å². The van der Waals surface area contributed by atoms with Gasteiger partial charge >= 0.3 is 0 Å². The number of ether oxygens (including phenoxy) is 1. The molecule has 0 N–H and O–H groups in total. The van der Waals surface area contributed by atoms with E-state index in [-0.39, 0.29) is 5.91 Å². The summed E-state index contributed by atoms with van der Waals surface area (Å²) in [5.41, 5.74) is 0. The molecule has 3 heterocycles. The number of carbonyl (C=O) groups excluding carboxylic acids is 1. The number of piperazine rings is 1. The van der Waals surface area contributed by atoms with E-state index in [9.17, 15) is 4.79 Å². The van der Waals surface area contributed by atoms with Crippen LogP contribution in [0, 0.1) is 0 Å². The van der Waals surface area contributed by atoms with Gasteiger partial charge in [-0.25, -0.2) is 0 Å². The van der Waals surface area contributed by atoms with Crippen molar-refractivity contribution in [2.24, 2.45) is 0 Å². The summed E-state index contributed by atoms with van der Waals surface area (Å²) in [5.74, 6) is 0.439. The first-order chi connectivity index (χ1) is 9.33. The quantitative estimate of drug-likeness (QED) is 0.823. The van der Waals surface area contributed by atoms with Gasteiger partial charge in [-0.1, -0.05) is 0 Å². The lowest BCUT2D eigenvalue weighted by atomic mass is 10.2. The van der Waals surface area contributed by atoms with E-state index in [4.69, 9.17) is 9.15 Å². The number of furan rings is 1. The SMILES string of the molecule is O=C(c1ccco1)N1CCN(C[C@H]2CCCO2)CC1. The Kier molecular flexibility index (Phi) is 3.84. The molecular formula is C14H20N2O3. The summed E-state index contributed by atoms with van der Waals surface area (Å²) in [7, 11) is 0. The van der Waals surface area contributed by atoms with E-state index in [1.54, 1.807) is 18.4 Å². The molecule has 0 unspecified atom stereocenters. The summed E-state index contributed by atoms with van der Waals surface area (Å²) in [6, 6.07) is 3.47. The Morgan fingerprint density at radius 2 is 2.16 bits per heavy atom. The zero-order chi connectivity index (χ0) is 13.1. The van der Waals surface area contributed by atoms with Crippen LogP contribution in [-0.4, -0.2) is 61.1 Å². The second-order valence-electron chi connectivity index (χ2n) is 5.21. The molecule has 5 nitrogen and oxygen atoms in total. The minimum absolute atomic E-state index is 0.00164. The minimum atomic E-state index is 0.00164. The Labute approximate surface area is 113 Å². The molecule has 104 valence electrons. The molecule has 2 saturated heterocycles. The van der Waals surface area contributed by atoms with E-state index in [1.807, 2.05) is 4.90 Å². The summed E-state index contributed by atoms with van der Waals surface area (Å²) in [6.45, 7) is 5.29. The van der Waals surface area contributed by atoms with E-state index in [2.05, 4.69) is 4.90 Å². The van der Waals surface area contributed by atoms with E-state index < -0.39 is 0 Å². The van der Waals surface area contributed by atoms with Crippen molar-refractivity contribution >= 4 is 5.91 Å². The van der Waals surface area contributed by atoms with Gasteiger partial charge in [0.2, 0.25) is 0 Å². The fourth-order valence-electron chi connectivity index (χ4n) is 2.77. The smallest absolute Gasteiger partial charge is 0.289 e. The first kappa shape index (κ1) is 12.7. The van der Waals surface area contributed by atoms with Crippen LogP contribution in [0.5, 0.6) is 0 Å². The predicted octanol–water partition coefficient (Wildman–Crippen LogP) is 1.22. The predicted molar refractivity (Wildman–Crippen MR) is 70.0 cm³/mol. The number of hydrogen-bond acceptors (Lipinski definition) is 4. The molecule has 0 aromatic carbocycles. The topological polar surface area (TPSA) is 45.9 Å². The fourth-order valence-corrected chi connectivity index (χ4v) is 2.77. The van der Waals surface area contributed by atoms with Crippen molar-refractivity contribution in [3.8, 4) is 0 Å². The van der Waals surface area contributed by atoms with Gasteiger partial charge in [-0.15, -0.1) is 0 Å². The van der Waals surface area contributed by atoms with Crippen LogP contribution in [0.15, 0.2) is 22.8 Å². The maximum atomic E-state index is 12.1. The first-order valence-electron chi connectivity index (χ1n) is 6.99. The van der Waals surface area contributed by atoms with E-state index in [0.717, 1.165) is 39.3 Å². The van der Waals surface area contributed by atoms with Crippen LogP contribution >= 0.6 is 0 Å². The summed E-state index contributed by atoms with van der Waals surface area (Å²) in [6.07, 6.45) is 4.29. The van der Waals surface area contributed by atoms with Crippen LogP contribution < -0.4 is 0 Å². The fraction of sp³-hybridized carbons (Fsp3) is 0.643.